The standard InChI is InChI=1S/C19H29N3O/c1-3-5-6-7-8-9-12-16(11-4-2)19(23)21-17-13-10-14-18(15-17)22-20/h10,13-16H,3-9,11-12H2,1-2H3/p+1. The average molecular weight is 316 g/mol. The van der Waals surface area contributed by atoms with E-state index in [1.54, 1.807) is 18.2 Å². The highest BCUT2D eigenvalue weighted by atomic mass is 16.1. The van der Waals surface area contributed by atoms with Crippen LogP contribution in [-0.2, 0) is 4.79 Å². The van der Waals surface area contributed by atoms with Crippen molar-refractivity contribution in [3.05, 3.63) is 29.2 Å². The van der Waals surface area contributed by atoms with E-state index in [1.807, 2.05) is 6.07 Å². The summed E-state index contributed by atoms with van der Waals surface area (Å²) < 4.78 is 0. The highest BCUT2D eigenvalue weighted by Gasteiger charge is 2.18. The van der Waals surface area contributed by atoms with E-state index in [0.29, 0.717) is 11.4 Å². The zero-order valence-corrected chi connectivity index (χ0v) is 14.6. The molecule has 23 heavy (non-hydrogen) atoms. The molecular formula is C19H30N3O+. The Labute approximate surface area is 140 Å². The molecule has 0 bridgehead atoms. The van der Waals surface area contributed by atoms with Gasteiger partial charge >= 0.3 is 5.69 Å². The molecule has 0 aliphatic carbocycles. The van der Waals surface area contributed by atoms with Crippen LogP contribution in [0.5, 0.6) is 0 Å². The molecule has 0 saturated carbocycles. The lowest BCUT2D eigenvalue weighted by Crippen LogP contribution is -2.22. The van der Waals surface area contributed by atoms with Crippen LogP contribution in [0.3, 0.4) is 0 Å². The van der Waals surface area contributed by atoms with Gasteiger partial charge in [-0.2, -0.15) is 0 Å². The fourth-order valence-corrected chi connectivity index (χ4v) is 2.82. The summed E-state index contributed by atoms with van der Waals surface area (Å²) in [5.41, 5.74) is 1.14. The number of nitrogens with zero attached hydrogens (tertiary/aromatic N) is 2. The maximum Gasteiger partial charge on any atom is 0.387 e. The molecule has 4 nitrogen and oxygen atoms in total. The van der Waals surface area contributed by atoms with E-state index in [0.717, 1.165) is 25.7 Å². The Kier molecular flexibility index (Phi) is 9.70. The summed E-state index contributed by atoms with van der Waals surface area (Å²) >= 11 is 0. The van der Waals surface area contributed by atoms with Gasteiger partial charge in [0.2, 0.25) is 11.3 Å². The molecule has 1 amide bonds. The number of amides is 1. The fourth-order valence-electron chi connectivity index (χ4n) is 2.82. The van der Waals surface area contributed by atoms with Crippen molar-refractivity contribution in [3.8, 4) is 0 Å². The van der Waals surface area contributed by atoms with Gasteiger partial charge in [-0.1, -0.05) is 64.9 Å². The molecule has 0 aliphatic heterocycles. The molecule has 0 spiro atoms. The second-order valence-electron chi connectivity index (χ2n) is 6.18. The smallest absolute Gasteiger partial charge is 0.326 e. The van der Waals surface area contributed by atoms with Crippen LogP contribution in [0.25, 0.3) is 4.98 Å². The Hall–Kier alpha value is -1.89. The number of anilines is 1. The number of nitrogens with one attached hydrogen (secondary N) is 1. The number of carbonyl (C=O) groups is 1. The molecular weight excluding hydrogens is 286 g/mol. The summed E-state index contributed by atoms with van der Waals surface area (Å²) in [7, 11) is 0. The molecule has 0 heterocycles. The monoisotopic (exact) mass is 316 g/mol. The van der Waals surface area contributed by atoms with Crippen LogP contribution in [0.2, 0.25) is 0 Å². The molecule has 4 heteroatoms. The predicted molar refractivity (Wildman–Crippen MR) is 96.2 cm³/mol. The number of carbonyl (C=O) groups excluding carboxylic acids is 1. The summed E-state index contributed by atoms with van der Waals surface area (Å²) in [5, 5.41) is 11.8. The van der Waals surface area contributed by atoms with Gasteiger partial charge in [0.15, 0.2) is 4.98 Å². The predicted octanol–water partition coefficient (Wildman–Crippen LogP) is 6.28. The number of benzene rings is 1. The van der Waals surface area contributed by atoms with Crippen molar-refractivity contribution in [1.29, 1.82) is 5.39 Å². The van der Waals surface area contributed by atoms with Crippen LogP contribution in [0.15, 0.2) is 24.3 Å². The summed E-state index contributed by atoms with van der Waals surface area (Å²) in [6.45, 7) is 4.34. The molecule has 1 unspecified atom stereocenters. The van der Waals surface area contributed by atoms with Crippen LogP contribution < -0.4 is 5.32 Å². The van der Waals surface area contributed by atoms with Crippen LogP contribution in [-0.4, -0.2) is 5.91 Å². The van der Waals surface area contributed by atoms with Crippen molar-refractivity contribution in [2.24, 2.45) is 5.92 Å². The first-order valence-electron chi connectivity index (χ1n) is 8.97. The Balaban J connectivity index is 2.45. The second-order valence-corrected chi connectivity index (χ2v) is 6.18. The minimum absolute atomic E-state index is 0.0703. The maximum atomic E-state index is 12.5. The molecule has 0 radical (unpaired) electrons. The first kappa shape index (κ1) is 19.2. The van der Waals surface area contributed by atoms with Gasteiger partial charge < -0.3 is 5.32 Å². The van der Waals surface area contributed by atoms with E-state index in [9.17, 15) is 4.79 Å². The van der Waals surface area contributed by atoms with E-state index in [4.69, 9.17) is 5.39 Å². The van der Waals surface area contributed by atoms with Crippen molar-refractivity contribution in [3.63, 3.8) is 0 Å². The van der Waals surface area contributed by atoms with E-state index in [-0.39, 0.29) is 11.8 Å². The van der Waals surface area contributed by atoms with Gasteiger partial charge in [0, 0.05) is 17.7 Å². The molecule has 126 valence electrons. The van der Waals surface area contributed by atoms with Crippen molar-refractivity contribution >= 4 is 17.3 Å². The first-order valence-corrected chi connectivity index (χ1v) is 8.97. The maximum absolute atomic E-state index is 12.5. The number of unbranched alkanes of at least 4 members (excludes halogenated alkanes) is 5. The van der Waals surface area contributed by atoms with E-state index < -0.39 is 0 Å². The van der Waals surface area contributed by atoms with E-state index >= 15 is 0 Å². The fraction of sp³-hybridized carbons (Fsp3) is 0.632. The summed E-state index contributed by atoms with van der Waals surface area (Å²) in [6.07, 6.45) is 10.4. The number of diazo groups is 1. The lowest BCUT2D eigenvalue weighted by atomic mass is 9.95. The lowest BCUT2D eigenvalue weighted by Gasteiger charge is -2.16. The van der Waals surface area contributed by atoms with Gasteiger partial charge in [-0.15, -0.1) is 0 Å². The Morgan fingerprint density at radius 3 is 2.52 bits per heavy atom. The normalized spacial score (nSPS) is 11.7. The third-order valence-electron chi connectivity index (χ3n) is 4.14. The average Bonchev–Trinajstić information content (AvgIpc) is 2.57. The summed E-state index contributed by atoms with van der Waals surface area (Å²) in [4.78, 5) is 15.6. The topological polar surface area (TPSA) is 57.2 Å². The van der Waals surface area contributed by atoms with Crippen LogP contribution in [0.4, 0.5) is 11.4 Å². The Bertz CT molecular complexity index is 508. The molecule has 0 saturated heterocycles. The van der Waals surface area contributed by atoms with Gasteiger partial charge in [-0.25, -0.2) is 0 Å². The quantitative estimate of drug-likeness (QED) is 0.386. The zero-order chi connectivity index (χ0) is 16.9. The summed E-state index contributed by atoms with van der Waals surface area (Å²) in [5.74, 6) is 0.149. The molecule has 0 fully saturated rings. The molecule has 1 rings (SSSR count). The SMILES string of the molecule is CCCCCCCCC(CCC)C(=O)Nc1cccc([N+]#N)c1. The van der Waals surface area contributed by atoms with Gasteiger partial charge in [-0.05, 0) is 18.9 Å². The Morgan fingerprint density at radius 2 is 1.83 bits per heavy atom. The third-order valence-corrected chi connectivity index (χ3v) is 4.14. The molecule has 1 atom stereocenters. The minimum Gasteiger partial charge on any atom is -0.326 e. The third kappa shape index (κ3) is 7.78. The summed E-state index contributed by atoms with van der Waals surface area (Å²) in [6, 6.07) is 6.95. The highest BCUT2D eigenvalue weighted by Crippen LogP contribution is 2.22. The van der Waals surface area contributed by atoms with Gasteiger partial charge in [-0.3, -0.25) is 4.79 Å². The molecule has 1 aromatic carbocycles. The first-order chi connectivity index (χ1) is 11.2. The number of rotatable bonds is 11. The van der Waals surface area contributed by atoms with Gasteiger partial charge in [0.1, 0.15) is 0 Å². The molecule has 1 aromatic rings. The van der Waals surface area contributed by atoms with Gasteiger partial charge in [0.25, 0.3) is 0 Å². The molecule has 1 N–H and O–H groups in total. The van der Waals surface area contributed by atoms with Crippen molar-refractivity contribution in [2.75, 3.05) is 5.32 Å². The van der Waals surface area contributed by atoms with Crippen LogP contribution in [0, 0.1) is 11.3 Å². The van der Waals surface area contributed by atoms with Crippen molar-refractivity contribution in [1.82, 2.24) is 0 Å². The van der Waals surface area contributed by atoms with Crippen LogP contribution >= 0.6 is 0 Å². The largest absolute Gasteiger partial charge is 0.387 e. The molecule has 0 aromatic heterocycles. The number of hydrogen-bond donors (Lipinski definition) is 1. The zero-order valence-electron chi connectivity index (χ0n) is 14.6. The minimum atomic E-state index is 0.0703. The van der Waals surface area contributed by atoms with Crippen molar-refractivity contribution in [2.45, 2.75) is 71.6 Å². The molecule has 0 aliphatic rings. The lowest BCUT2D eigenvalue weighted by molar-refractivity contribution is -0.120. The van der Waals surface area contributed by atoms with Crippen LogP contribution in [0.1, 0.15) is 71.6 Å². The number of hydrogen-bond acceptors (Lipinski definition) is 2. The van der Waals surface area contributed by atoms with Gasteiger partial charge in [0.05, 0.1) is 6.07 Å². The highest BCUT2D eigenvalue weighted by molar-refractivity contribution is 5.93. The van der Waals surface area contributed by atoms with E-state index in [2.05, 4.69) is 24.1 Å². The second kappa shape index (κ2) is 11.6. The Morgan fingerprint density at radius 1 is 1.09 bits per heavy atom. The van der Waals surface area contributed by atoms with Crippen molar-refractivity contribution < 1.29 is 4.79 Å². The van der Waals surface area contributed by atoms with E-state index in [1.165, 1.54) is 32.1 Å².